The highest BCUT2D eigenvalue weighted by atomic mass is 35.5. The first-order chi connectivity index (χ1) is 18.7. The van der Waals surface area contributed by atoms with Gasteiger partial charge in [0.05, 0.1) is 17.1 Å². The molecule has 1 aromatic heterocycles. The van der Waals surface area contributed by atoms with Gasteiger partial charge in [-0.2, -0.15) is 0 Å². The van der Waals surface area contributed by atoms with E-state index in [0.29, 0.717) is 21.8 Å². The summed E-state index contributed by atoms with van der Waals surface area (Å²) in [5.41, 5.74) is 1.23. The molecule has 0 saturated heterocycles. The summed E-state index contributed by atoms with van der Waals surface area (Å²) in [5.74, 6) is -2.05. The Labute approximate surface area is 228 Å². The quantitative estimate of drug-likeness (QED) is 0.257. The second-order valence-electron chi connectivity index (χ2n) is 8.44. The lowest BCUT2D eigenvalue weighted by molar-refractivity contribution is -0.106. The number of nitrogens with zero attached hydrogens (tertiary/aromatic N) is 1. The lowest BCUT2D eigenvalue weighted by atomic mass is 10.1. The highest BCUT2D eigenvalue weighted by Crippen LogP contribution is 2.36. The summed E-state index contributed by atoms with van der Waals surface area (Å²) in [5, 5.41) is 4.30. The first kappa shape index (κ1) is 27.9. The summed E-state index contributed by atoms with van der Waals surface area (Å²) in [6, 6.07) is 17.5. The van der Waals surface area contributed by atoms with Crippen molar-refractivity contribution >= 4 is 39.3 Å². The number of carbonyl (C=O) groups is 2. The average Bonchev–Trinajstić information content (AvgIpc) is 2.93. The molecular formula is C28H22ClF2N3O4S. The van der Waals surface area contributed by atoms with Crippen LogP contribution in [-0.4, -0.2) is 32.1 Å². The molecule has 1 unspecified atom stereocenters. The van der Waals surface area contributed by atoms with Gasteiger partial charge in [0.15, 0.2) is 9.84 Å². The largest absolute Gasteiger partial charge is 0.378 e. The molecule has 1 heterocycles. The number of hydrogen-bond donors (Lipinski definition) is 2. The van der Waals surface area contributed by atoms with Crippen LogP contribution in [0.5, 0.6) is 0 Å². The van der Waals surface area contributed by atoms with Gasteiger partial charge in [0.2, 0.25) is 0 Å². The maximum atomic E-state index is 14.8. The van der Waals surface area contributed by atoms with Gasteiger partial charge in [-0.15, -0.1) is 0 Å². The molecular weight excluding hydrogens is 548 g/mol. The van der Waals surface area contributed by atoms with Crippen molar-refractivity contribution in [3.05, 3.63) is 124 Å². The first-order valence-electron chi connectivity index (χ1n) is 11.6. The molecule has 4 rings (SSSR count). The monoisotopic (exact) mass is 569 g/mol. The van der Waals surface area contributed by atoms with Crippen LogP contribution in [0.25, 0.3) is 0 Å². The van der Waals surface area contributed by atoms with Crippen LogP contribution in [-0.2, 0) is 21.2 Å². The molecule has 0 aliphatic carbocycles. The van der Waals surface area contributed by atoms with Gasteiger partial charge in [0.25, 0.3) is 5.91 Å². The molecule has 2 N–H and O–H groups in total. The van der Waals surface area contributed by atoms with Gasteiger partial charge in [-0.25, -0.2) is 17.2 Å². The molecule has 0 saturated carbocycles. The number of pyridine rings is 1. The van der Waals surface area contributed by atoms with E-state index in [1.807, 2.05) is 0 Å². The van der Waals surface area contributed by atoms with Crippen molar-refractivity contribution in [3.8, 4) is 0 Å². The fourth-order valence-electron chi connectivity index (χ4n) is 3.84. The zero-order valence-corrected chi connectivity index (χ0v) is 21.8. The number of nitrogens with one attached hydrogen (secondary N) is 2. The van der Waals surface area contributed by atoms with Crippen LogP contribution < -0.4 is 10.6 Å². The lowest BCUT2D eigenvalue weighted by Crippen LogP contribution is -2.23. The molecule has 0 fully saturated rings. The van der Waals surface area contributed by atoms with E-state index in [4.69, 9.17) is 11.6 Å². The van der Waals surface area contributed by atoms with Gasteiger partial charge in [-0.3, -0.25) is 9.78 Å². The van der Waals surface area contributed by atoms with E-state index < -0.39 is 26.7 Å². The summed E-state index contributed by atoms with van der Waals surface area (Å²) in [6.07, 6.45) is 2.09. The zero-order chi connectivity index (χ0) is 28.0. The molecule has 11 heteroatoms. The van der Waals surface area contributed by atoms with Crippen LogP contribution in [0.4, 0.5) is 14.5 Å². The average molecular weight is 570 g/mol. The molecule has 0 aliphatic heterocycles. The molecule has 3 aromatic carbocycles. The third-order valence-electron chi connectivity index (χ3n) is 5.80. The molecule has 39 heavy (non-hydrogen) atoms. The Morgan fingerprint density at radius 3 is 2.33 bits per heavy atom. The number of halogens is 3. The number of anilines is 1. The maximum Gasteiger partial charge on any atom is 0.251 e. The maximum absolute atomic E-state index is 14.8. The van der Waals surface area contributed by atoms with Crippen LogP contribution in [0.2, 0.25) is 5.02 Å². The highest BCUT2D eigenvalue weighted by molar-refractivity contribution is 7.91. The van der Waals surface area contributed by atoms with Crippen LogP contribution in [0, 0.1) is 11.6 Å². The summed E-state index contributed by atoms with van der Waals surface area (Å²) >= 11 is 5.89. The molecule has 0 radical (unpaired) electrons. The lowest BCUT2D eigenvalue weighted by Gasteiger charge is -2.19. The van der Waals surface area contributed by atoms with Gasteiger partial charge >= 0.3 is 0 Å². The number of carbonyl (C=O) groups excluding carboxylic acids is 2. The molecule has 1 amide bonds. The van der Waals surface area contributed by atoms with Crippen LogP contribution in [0.15, 0.2) is 90.0 Å². The fourth-order valence-corrected chi connectivity index (χ4v) is 5.73. The SMILES string of the molecule is O=CCNc1ccc(C(=O)NCc2ccc(C(c3cc(F)ccc3F)S(=O)(=O)c3ccc(Cl)cc3)nc2)cc1. The minimum atomic E-state index is -4.27. The minimum absolute atomic E-state index is 0.0251. The molecule has 1 atom stereocenters. The third-order valence-corrected chi connectivity index (χ3v) is 8.10. The molecule has 4 aromatic rings. The van der Waals surface area contributed by atoms with Gasteiger partial charge < -0.3 is 15.4 Å². The second kappa shape index (κ2) is 12.1. The summed E-state index contributed by atoms with van der Waals surface area (Å²) < 4.78 is 56.1. The first-order valence-corrected chi connectivity index (χ1v) is 13.6. The minimum Gasteiger partial charge on any atom is -0.378 e. The van der Waals surface area contributed by atoms with Gasteiger partial charge in [-0.05, 0) is 78.4 Å². The standard InChI is InChI=1S/C28H22ClF2N3O4S/c29-20-4-9-23(10-5-20)39(37,38)27(24-15-21(30)6-11-25(24)31)26-12-1-18(16-33-26)17-34-28(36)19-2-7-22(8-3-19)32-13-14-35/h1-12,14-16,27,32H,13,17H2,(H,34,36). The number of sulfone groups is 1. The normalized spacial score (nSPS) is 12.0. The number of aldehydes is 1. The van der Waals surface area contributed by atoms with E-state index in [0.717, 1.165) is 24.5 Å². The molecule has 7 nitrogen and oxygen atoms in total. The van der Waals surface area contributed by atoms with E-state index >= 15 is 0 Å². The second-order valence-corrected chi connectivity index (χ2v) is 10.9. The Hall–Kier alpha value is -4.15. The number of benzene rings is 3. The number of amides is 1. The summed E-state index contributed by atoms with van der Waals surface area (Å²) in [6.45, 7) is 0.239. The van der Waals surface area contributed by atoms with Gasteiger partial charge in [-0.1, -0.05) is 17.7 Å². The van der Waals surface area contributed by atoms with Crippen molar-refractivity contribution in [3.63, 3.8) is 0 Å². The number of aromatic nitrogens is 1. The Morgan fingerprint density at radius 1 is 0.974 bits per heavy atom. The van der Waals surface area contributed by atoms with E-state index in [-0.39, 0.29) is 35.1 Å². The van der Waals surface area contributed by atoms with Gasteiger partial charge in [0.1, 0.15) is 23.2 Å². The van der Waals surface area contributed by atoms with Crippen LogP contribution >= 0.6 is 11.6 Å². The zero-order valence-electron chi connectivity index (χ0n) is 20.3. The van der Waals surface area contributed by atoms with Crippen molar-refractivity contribution < 1.29 is 26.8 Å². The van der Waals surface area contributed by atoms with Crippen LogP contribution in [0.1, 0.15) is 32.4 Å². The topological polar surface area (TPSA) is 105 Å². The Balaban J connectivity index is 1.57. The van der Waals surface area contributed by atoms with Crippen LogP contribution in [0.3, 0.4) is 0 Å². The fraction of sp³-hybridized carbons (Fsp3) is 0.107. The molecule has 0 bridgehead atoms. The number of hydrogen-bond acceptors (Lipinski definition) is 6. The van der Waals surface area contributed by atoms with Gasteiger partial charge in [0, 0.05) is 34.6 Å². The Kier molecular flexibility index (Phi) is 8.68. The van der Waals surface area contributed by atoms with Crippen molar-refractivity contribution in [2.45, 2.75) is 16.7 Å². The van der Waals surface area contributed by atoms with Crippen molar-refractivity contribution in [1.82, 2.24) is 10.3 Å². The summed E-state index contributed by atoms with van der Waals surface area (Å²) in [4.78, 5) is 27.1. The van der Waals surface area contributed by atoms with E-state index in [1.165, 1.54) is 36.5 Å². The Bertz CT molecular complexity index is 1580. The molecule has 0 spiro atoms. The third kappa shape index (κ3) is 6.65. The van der Waals surface area contributed by atoms with Crippen molar-refractivity contribution in [1.29, 1.82) is 0 Å². The molecule has 200 valence electrons. The van der Waals surface area contributed by atoms with Crippen molar-refractivity contribution in [2.75, 3.05) is 11.9 Å². The predicted octanol–water partition coefficient (Wildman–Crippen LogP) is 5.12. The smallest absolute Gasteiger partial charge is 0.251 e. The van der Waals surface area contributed by atoms with Crippen molar-refractivity contribution in [2.24, 2.45) is 0 Å². The Morgan fingerprint density at radius 2 is 1.69 bits per heavy atom. The van der Waals surface area contributed by atoms with E-state index in [2.05, 4.69) is 15.6 Å². The summed E-state index contributed by atoms with van der Waals surface area (Å²) in [7, 11) is -4.27. The van der Waals surface area contributed by atoms with E-state index in [9.17, 15) is 26.8 Å². The highest BCUT2D eigenvalue weighted by Gasteiger charge is 2.34. The van der Waals surface area contributed by atoms with E-state index in [1.54, 1.807) is 30.3 Å². The molecule has 0 aliphatic rings. The predicted molar refractivity (Wildman–Crippen MR) is 143 cm³/mol. The number of rotatable bonds is 10.